The lowest BCUT2D eigenvalue weighted by atomic mass is 9.85. The molecule has 6 nitrogen and oxygen atoms in total. The van der Waals surface area contributed by atoms with Gasteiger partial charge in [0.1, 0.15) is 11.5 Å². The van der Waals surface area contributed by atoms with Gasteiger partial charge in [-0.1, -0.05) is 57.2 Å². The van der Waals surface area contributed by atoms with E-state index < -0.39 is 17.7 Å². The zero-order valence-corrected chi connectivity index (χ0v) is 20.4. The molecular weight excluding hydrogens is 416 g/mol. The quantitative estimate of drug-likeness (QED) is 0.385. The van der Waals surface area contributed by atoms with Gasteiger partial charge in [0.15, 0.2) is 0 Å². The van der Waals surface area contributed by atoms with Crippen molar-refractivity contribution in [3.05, 3.63) is 70.8 Å². The third-order valence-corrected chi connectivity index (χ3v) is 5.98. The van der Waals surface area contributed by atoms with Gasteiger partial charge in [0.2, 0.25) is 0 Å². The Morgan fingerprint density at radius 3 is 2.33 bits per heavy atom. The lowest BCUT2D eigenvalue weighted by molar-refractivity contribution is -0.139. The van der Waals surface area contributed by atoms with E-state index in [0.717, 1.165) is 24.1 Å². The number of benzene rings is 2. The van der Waals surface area contributed by atoms with Gasteiger partial charge in [-0.3, -0.25) is 9.59 Å². The van der Waals surface area contributed by atoms with Crippen molar-refractivity contribution in [2.45, 2.75) is 38.6 Å². The number of nitrogens with zero attached hydrogens (tertiary/aromatic N) is 2. The third-order valence-electron chi connectivity index (χ3n) is 5.98. The maximum atomic E-state index is 13.1. The molecule has 3 rings (SSSR count). The zero-order valence-electron chi connectivity index (χ0n) is 20.4. The average Bonchev–Trinajstić information content (AvgIpc) is 3.03. The van der Waals surface area contributed by atoms with Crippen molar-refractivity contribution in [1.29, 1.82) is 0 Å². The summed E-state index contributed by atoms with van der Waals surface area (Å²) >= 11 is 0. The van der Waals surface area contributed by atoms with Gasteiger partial charge in [0, 0.05) is 12.1 Å². The van der Waals surface area contributed by atoms with Crippen LogP contribution in [-0.4, -0.2) is 60.9 Å². The molecule has 176 valence electrons. The fourth-order valence-electron chi connectivity index (χ4n) is 4.11. The summed E-state index contributed by atoms with van der Waals surface area (Å²) in [6.45, 7) is 7.62. The van der Waals surface area contributed by atoms with Gasteiger partial charge in [-0.2, -0.15) is 0 Å². The molecule has 1 aliphatic heterocycles. The number of amides is 1. The van der Waals surface area contributed by atoms with Gasteiger partial charge in [-0.15, -0.1) is 0 Å². The van der Waals surface area contributed by atoms with Gasteiger partial charge >= 0.3 is 0 Å². The van der Waals surface area contributed by atoms with Crippen LogP contribution in [0, 0.1) is 0 Å². The molecule has 1 saturated heterocycles. The van der Waals surface area contributed by atoms with E-state index in [4.69, 9.17) is 4.74 Å². The third kappa shape index (κ3) is 5.28. The van der Waals surface area contributed by atoms with E-state index in [0.29, 0.717) is 17.9 Å². The molecule has 1 atom stereocenters. The minimum Gasteiger partial charge on any atom is -0.507 e. The minimum atomic E-state index is -0.662. The fraction of sp³-hybridized carbons (Fsp3) is 0.407. The number of carbonyl (C=O) groups is 2. The van der Waals surface area contributed by atoms with Gasteiger partial charge in [0.25, 0.3) is 11.7 Å². The first kappa shape index (κ1) is 24.5. The fourth-order valence-corrected chi connectivity index (χ4v) is 4.11. The number of rotatable bonds is 7. The second-order valence-electron chi connectivity index (χ2n) is 9.75. The lowest BCUT2D eigenvalue weighted by Gasteiger charge is -2.27. The molecule has 1 amide bonds. The number of hydrogen-bond acceptors (Lipinski definition) is 5. The number of hydrogen-bond donors (Lipinski definition) is 1. The van der Waals surface area contributed by atoms with Crippen LogP contribution in [0.5, 0.6) is 5.75 Å². The van der Waals surface area contributed by atoms with Gasteiger partial charge in [0.05, 0.1) is 18.7 Å². The first-order valence-corrected chi connectivity index (χ1v) is 11.2. The summed E-state index contributed by atoms with van der Waals surface area (Å²) in [5, 5.41) is 11.2. The highest BCUT2D eigenvalue weighted by atomic mass is 16.5. The van der Waals surface area contributed by atoms with Gasteiger partial charge in [-0.05, 0) is 55.7 Å². The van der Waals surface area contributed by atoms with Crippen molar-refractivity contribution < 1.29 is 19.4 Å². The van der Waals surface area contributed by atoms with Crippen LogP contribution >= 0.6 is 0 Å². The number of carbonyl (C=O) groups excluding carboxylic acids is 2. The topological polar surface area (TPSA) is 70.1 Å². The summed E-state index contributed by atoms with van der Waals surface area (Å²) in [6.07, 6.45) is 0.718. The van der Waals surface area contributed by atoms with E-state index in [1.807, 2.05) is 43.3 Å². The number of aliphatic hydroxyl groups is 1. The van der Waals surface area contributed by atoms with E-state index in [2.05, 4.69) is 20.8 Å². The van der Waals surface area contributed by atoms with E-state index in [1.165, 1.54) is 0 Å². The number of Topliss-reactive ketones (excluding diaryl/α,β-unsaturated/α-hetero) is 1. The van der Waals surface area contributed by atoms with Crippen molar-refractivity contribution >= 4 is 17.4 Å². The van der Waals surface area contributed by atoms with E-state index >= 15 is 0 Å². The average molecular weight is 451 g/mol. The zero-order chi connectivity index (χ0) is 24.3. The number of ether oxygens (including phenoxy) is 1. The number of ketones is 1. The molecule has 0 spiro atoms. The van der Waals surface area contributed by atoms with E-state index in [-0.39, 0.29) is 16.7 Å². The minimum absolute atomic E-state index is 0.0212. The number of methoxy groups -OCH3 is 1. The number of aliphatic hydroxyl groups excluding tert-OH is 1. The molecule has 2 aromatic carbocycles. The molecule has 0 bridgehead atoms. The van der Waals surface area contributed by atoms with Crippen molar-refractivity contribution in [1.82, 2.24) is 9.80 Å². The summed E-state index contributed by atoms with van der Waals surface area (Å²) < 4.78 is 5.27. The lowest BCUT2D eigenvalue weighted by Crippen LogP contribution is -2.32. The van der Waals surface area contributed by atoms with Crippen molar-refractivity contribution in [2.24, 2.45) is 0 Å². The Morgan fingerprint density at radius 2 is 1.76 bits per heavy atom. The van der Waals surface area contributed by atoms with Crippen molar-refractivity contribution in [3.63, 3.8) is 0 Å². The number of likely N-dealkylation sites (tertiary alicyclic amines) is 1. The predicted octanol–water partition coefficient (Wildman–Crippen LogP) is 4.37. The predicted molar refractivity (Wildman–Crippen MR) is 130 cm³/mol. The van der Waals surface area contributed by atoms with Crippen LogP contribution in [0.3, 0.4) is 0 Å². The Morgan fingerprint density at radius 1 is 1.09 bits per heavy atom. The summed E-state index contributed by atoms with van der Waals surface area (Å²) in [5.74, 6) is -0.870. The molecule has 6 heteroatoms. The van der Waals surface area contributed by atoms with Crippen molar-refractivity contribution in [3.8, 4) is 5.75 Å². The Balaban J connectivity index is 2.11. The molecule has 0 saturated carbocycles. The summed E-state index contributed by atoms with van der Waals surface area (Å²) in [6, 6.07) is 14.2. The molecule has 2 aromatic rings. The molecule has 1 heterocycles. The smallest absolute Gasteiger partial charge is 0.295 e. The Labute approximate surface area is 196 Å². The first-order chi connectivity index (χ1) is 15.5. The molecule has 1 N–H and O–H groups in total. The van der Waals surface area contributed by atoms with Crippen LogP contribution in [0.2, 0.25) is 0 Å². The summed E-state index contributed by atoms with van der Waals surface area (Å²) in [7, 11) is 5.48. The van der Waals surface area contributed by atoms with Crippen LogP contribution in [0.1, 0.15) is 49.9 Å². The normalized spacial score (nSPS) is 18.3. The molecule has 0 radical (unpaired) electrons. The van der Waals surface area contributed by atoms with Crippen LogP contribution in [-0.2, 0) is 15.0 Å². The Hall–Kier alpha value is -3.12. The Bertz CT molecular complexity index is 1050. The summed E-state index contributed by atoms with van der Waals surface area (Å²) in [5.41, 5.74) is 2.49. The highest BCUT2D eigenvalue weighted by molar-refractivity contribution is 6.46. The van der Waals surface area contributed by atoms with Crippen LogP contribution < -0.4 is 4.74 Å². The van der Waals surface area contributed by atoms with Gasteiger partial charge < -0.3 is 19.6 Å². The van der Waals surface area contributed by atoms with E-state index in [9.17, 15) is 14.7 Å². The molecule has 1 unspecified atom stereocenters. The highest BCUT2D eigenvalue weighted by Crippen LogP contribution is 2.40. The second-order valence-corrected chi connectivity index (χ2v) is 9.75. The second kappa shape index (κ2) is 9.79. The van der Waals surface area contributed by atoms with Crippen LogP contribution in [0.15, 0.2) is 54.1 Å². The standard InChI is InChI=1S/C27H34N2O4/c1-27(2,3)20-13-11-18(12-14-20)23-22(24(30)19-9-7-10-21(17-19)33-6)25(31)26(32)29(23)16-8-15-28(4)5/h7,9-14,17,23,30H,8,15-16H2,1-6H3/b24-22-. The molecule has 0 aliphatic carbocycles. The summed E-state index contributed by atoms with van der Waals surface area (Å²) in [4.78, 5) is 29.8. The van der Waals surface area contributed by atoms with E-state index in [1.54, 1.807) is 36.3 Å². The Kier molecular flexibility index (Phi) is 7.28. The van der Waals surface area contributed by atoms with Crippen molar-refractivity contribution in [2.75, 3.05) is 34.3 Å². The molecule has 1 fully saturated rings. The molecular formula is C27H34N2O4. The largest absolute Gasteiger partial charge is 0.507 e. The monoisotopic (exact) mass is 450 g/mol. The SMILES string of the molecule is COc1cccc(/C(O)=C2/C(=O)C(=O)N(CCCN(C)C)C2c2ccc(C(C)(C)C)cc2)c1. The molecule has 1 aliphatic rings. The maximum Gasteiger partial charge on any atom is 0.295 e. The van der Waals surface area contributed by atoms with Crippen LogP contribution in [0.25, 0.3) is 5.76 Å². The highest BCUT2D eigenvalue weighted by Gasteiger charge is 2.45. The first-order valence-electron chi connectivity index (χ1n) is 11.2. The van der Waals surface area contributed by atoms with Gasteiger partial charge in [-0.25, -0.2) is 0 Å². The molecule has 0 aromatic heterocycles. The maximum absolute atomic E-state index is 13.1. The van der Waals surface area contributed by atoms with Crippen LogP contribution in [0.4, 0.5) is 0 Å². The molecule has 33 heavy (non-hydrogen) atoms.